The van der Waals surface area contributed by atoms with E-state index in [4.69, 9.17) is 0 Å². The van der Waals surface area contributed by atoms with E-state index in [9.17, 15) is 9.90 Å². The van der Waals surface area contributed by atoms with Gasteiger partial charge in [0.2, 0.25) is 5.91 Å². The molecule has 2 aliphatic rings. The van der Waals surface area contributed by atoms with Crippen LogP contribution in [-0.2, 0) is 4.79 Å². The normalized spacial score (nSPS) is 25.7. The van der Waals surface area contributed by atoms with Crippen molar-refractivity contribution in [3.8, 4) is 0 Å². The highest BCUT2D eigenvalue weighted by Crippen LogP contribution is 2.13. The van der Waals surface area contributed by atoms with Crippen LogP contribution in [-0.4, -0.2) is 49.3 Å². The lowest BCUT2D eigenvalue weighted by molar-refractivity contribution is -0.127. The summed E-state index contributed by atoms with van der Waals surface area (Å²) in [7, 11) is 0. The maximum atomic E-state index is 11.7. The Morgan fingerprint density at radius 3 is 2.53 bits per heavy atom. The number of carbonyl (C=O) groups excluding carboxylic acids is 1. The lowest BCUT2D eigenvalue weighted by atomic mass is 9.94. The summed E-state index contributed by atoms with van der Waals surface area (Å²) in [4.78, 5) is 11.7. The first kappa shape index (κ1) is 10.9. The average Bonchev–Trinajstić information content (AvgIpc) is 2.24. The van der Waals surface area contributed by atoms with Gasteiger partial charge in [0.25, 0.3) is 0 Å². The monoisotopic (exact) mass is 213 g/mol. The number of aliphatic hydroxyl groups is 1. The first-order valence-corrected chi connectivity index (χ1v) is 5.61. The summed E-state index contributed by atoms with van der Waals surface area (Å²) < 4.78 is 0. The van der Waals surface area contributed by atoms with Gasteiger partial charge in [-0.1, -0.05) is 0 Å². The molecule has 5 heteroatoms. The molecule has 2 saturated heterocycles. The highest BCUT2D eigenvalue weighted by atomic mass is 16.3. The Labute approximate surface area is 89.6 Å². The molecule has 0 unspecified atom stereocenters. The highest BCUT2D eigenvalue weighted by Gasteiger charge is 2.35. The molecule has 15 heavy (non-hydrogen) atoms. The molecule has 0 aromatic heterocycles. The van der Waals surface area contributed by atoms with Crippen LogP contribution < -0.4 is 16.0 Å². The number of piperidine rings is 1. The number of hydrogen-bond acceptors (Lipinski definition) is 4. The van der Waals surface area contributed by atoms with Crippen LogP contribution in [0.2, 0.25) is 0 Å². The van der Waals surface area contributed by atoms with Crippen molar-refractivity contribution in [1.82, 2.24) is 16.0 Å². The smallest absolute Gasteiger partial charge is 0.223 e. The lowest BCUT2D eigenvalue weighted by Gasteiger charge is -2.38. The molecule has 0 atom stereocenters. The zero-order chi connectivity index (χ0) is 10.7. The van der Waals surface area contributed by atoms with Gasteiger partial charge in [-0.25, -0.2) is 0 Å². The molecule has 0 bridgehead atoms. The third-order valence-corrected chi connectivity index (χ3v) is 3.21. The number of nitrogens with one attached hydrogen (secondary N) is 3. The zero-order valence-electron chi connectivity index (χ0n) is 8.88. The van der Waals surface area contributed by atoms with Gasteiger partial charge in [-0.3, -0.25) is 4.79 Å². The largest absolute Gasteiger partial charge is 0.385 e. The fourth-order valence-corrected chi connectivity index (χ4v) is 2.02. The number of rotatable bonds is 3. The van der Waals surface area contributed by atoms with Crippen LogP contribution in [0.5, 0.6) is 0 Å². The topological polar surface area (TPSA) is 73.4 Å². The van der Waals surface area contributed by atoms with Gasteiger partial charge in [0.05, 0.1) is 0 Å². The first-order chi connectivity index (χ1) is 7.20. The molecule has 1 amide bonds. The SMILES string of the molecule is O=C(NCC1(O)CNC1)C1CCNCC1. The third-order valence-electron chi connectivity index (χ3n) is 3.21. The van der Waals surface area contributed by atoms with Crippen LogP contribution in [0.1, 0.15) is 12.8 Å². The minimum atomic E-state index is -0.706. The first-order valence-electron chi connectivity index (χ1n) is 5.61. The number of amides is 1. The Hall–Kier alpha value is -0.650. The minimum absolute atomic E-state index is 0.0943. The van der Waals surface area contributed by atoms with Crippen LogP contribution in [0, 0.1) is 5.92 Å². The molecule has 0 spiro atoms. The predicted molar refractivity (Wildman–Crippen MR) is 56.4 cm³/mol. The van der Waals surface area contributed by atoms with Gasteiger partial charge in [0.15, 0.2) is 0 Å². The van der Waals surface area contributed by atoms with Crippen molar-refractivity contribution in [3.63, 3.8) is 0 Å². The van der Waals surface area contributed by atoms with E-state index in [0.717, 1.165) is 25.9 Å². The van der Waals surface area contributed by atoms with Crippen LogP contribution in [0.15, 0.2) is 0 Å². The van der Waals surface area contributed by atoms with Gasteiger partial charge in [-0.15, -0.1) is 0 Å². The van der Waals surface area contributed by atoms with E-state index in [1.54, 1.807) is 0 Å². The van der Waals surface area contributed by atoms with Crippen molar-refractivity contribution in [3.05, 3.63) is 0 Å². The number of β-amino-alcohol motifs (C(OH)–C–C–N with tert-alkyl or cyclic N) is 1. The second-order valence-electron chi connectivity index (χ2n) is 4.57. The number of carbonyl (C=O) groups is 1. The van der Waals surface area contributed by atoms with Crippen LogP contribution in [0.4, 0.5) is 0 Å². The van der Waals surface area contributed by atoms with Gasteiger partial charge < -0.3 is 21.1 Å². The van der Waals surface area contributed by atoms with Crippen LogP contribution >= 0.6 is 0 Å². The molecule has 2 aliphatic heterocycles. The van der Waals surface area contributed by atoms with Gasteiger partial charge in [0, 0.05) is 25.6 Å². The fourth-order valence-electron chi connectivity index (χ4n) is 2.02. The van der Waals surface area contributed by atoms with Gasteiger partial charge in [0.1, 0.15) is 5.60 Å². The van der Waals surface area contributed by atoms with E-state index >= 15 is 0 Å². The van der Waals surface area contributed by atoms with Crippen molar-refractivity contribution >= 4 is 5.91 Å². The Bertz CT molecular complexity index is 235. The molecule has 0 aromatic rings. The van der Waals surface area contributed by atoms with Crippen molar-refractivity contribution < 1.29 is 9.90 Å². The minimum Gasteiger partial charge on any atom is -0.385 e. The standard InChI is InChI=1S/C10H19N3O2/c14-9(8-1-3-11-4-2-8)13-7-10(15)5-12-6-10/h8,11-12,15H,1-7H2,(H,13,14). The maximum Gasteiger partial charge on any atom is 0.223 e. The summed E-state index contributed by atoms with van der Waals surface area (Å²) in [6, 6.07) is 0. The molecule has 4 N–H and O–H groups in total. The van der Waals surface area contributed by atoms with Crippen LogP contribution in [0.25, 0.3) is 0 Å². The summed E-state index contributed by atoms with van der Waals surface area (Å²) in [5.74, 6) is 0.222. The van der Waals surface area contributed by atoms with Crippen molar-refractivity contribution in [1.29, 1.82) is 0 Å². The predicted octanol–water partition coefficient (Wildman–Crippen LogP) is -1.56. The molecular formula is C10H19N3O2. The Kier molecular flexibility index (Phi) is 3.23. The molecule has 2 fully saturated rings. The molecule has 86 valence electrons. The van der Waals surface area contributed by atoms with Crippen molar-refractivity contribution in [2.24, 2.45) is 5.92 Å². The third kappa shape index (κ3) is 2.68. The molecule has 0 aliphatic carbocycles. The number of hydrogen-bond donors (Lipinski definition) is 4. The van der Waals surface area contributed by atoms with Gasteiger partial charge >= 0.3 is 0 Å². The quantitative estimate of drug-likeness (QED) is 0.457. The molecule has 0 aromatic carbocycles. The summed E-state index contributed by atoms with van der Waals surface area (Å²) in [5, 5.41) is 18.8. The van der Waals surface area contributed by atoms with E-state index in [-0.39, 0.29) is 11.8 Å². The molecule has 0 saturated carbocycles. The molecule has 0 radical (unpaired) electrons. The molecule has 2 rings (SSSR count). The highest BCUT2D eigenvalue weighted by molar-refractivity contribution is 5.78. The summed E-state index contributed by atoms with van der Waals surface area (Å²) in [6.07, 6.45) is 1.81. The van der Waals surface area contributed by atoms with Gasteiger partial charge in [-0.05, 0) is 25.9 Å². The van der Waals surface area contributed by atoms with Crippen molar-refractivity contribution in [2.75, 3.05) is 32.7 Å². The molecule has 2 heterocycles. The summed E-state index contributed by atoms with van der Waals surface area (Å²) >= 11 is 0. The van der Waals surface area contributed by atoms with E-state index in [1.807, 2.05) is 0 Å². The van der Waals surface area contributed by atoms with E-state index in [1.165, 1.54) is 0 Å². The summed E-state index contributed by atoms with van der Waals surface area (Å²) in [6.45, 7) is 3.38. The maximum absolute atomic E-state index is 11.7. The fraction of sp³-hybridized carbons (Fsp3) is 0.900. The van der Waals surface area contributed by atoms with E-state index in [0.29, 0.717) is 19.6 Å². The van der Waals surface area contributed by atoms with E-state index in [2.05, 4.69) is 16.0 Å². The molecular weight excluding hydrogens is 194 g/mol. The lowest BCUT2D eigenvalue weighted by Crippen LogP contribution is -2.64. The Morgan fingerprint density at radius 1 is 1.33 bits per heavy atom. The Balaban J connectivity index is 1.71. The van der Waals surface area contributed by atoms with Crippen LogP contribution in [0.3, 0.4) is 0 Å². The molecule has 5 nitrogen and oxygen atoms in total. The summed E-state index contributed by atoms with van der Waals surface area (Å²) in [5.41, 5.74) is -0.706. The average molecular weight is 213 g/mol. The van der Waals surface area contributed by atoms with E-state index < -0.39 is 5.60 Å². The van der Waals surface area contributed by atoms with Crippen molar-refractivity contribution in [2.45, 2.75) is 18.4 Å². The zero-order valence-corrected chi connectivity index (χ0v) is 8.88. The second-order valence-corrected chi connectivity index (χ2v) is 4.57. The Morgan fingerprint density at radius 2 is 2.00 bits per heavy atom. The second kappa shape index (κ2) is 4.47. The van der Waals surface area contributed by atoms with Gasteiger partial charge in [-0.2, -0.15) is 0 Å².